The van der Waals surface area contributed by atoms with Crippen molar-refractivity contribution in [1.29, 1.82) is 0 Å². The highest BCUT2D eigenvalue weighted by atomic mass is 32.2. The van der Waals surface area contributed by atoms with Crippen LogP contribution in [0.3, 0.4) is 0 Å². The third-order valence-corrected chi connectivity index (χ3v) is 3.55. The van der Waals surface area contributed by atoms with E-state index in [1.54, 1.807) is 18.0 Å². The van der Waals surface area contributed by atoms with Crippen molar-refractivity contribution in [3.8, 4) is 0 Å². The zero-order valence-corrected chi connectivity index (χ0v) is 11.3. The van der Waals surface area contributed by atoms with Gasteiger partial charge in [-0.3, -0.25) is 4.79 Å². The molecule has 0 aliphatic carbocycles. The minimum Gasteiger partial charge on any atom is -0.338 e. The highest BCUT2D eigenvalue weighted by Crippen LogP contribution is 2.23. The summed E-state index contributed by atoms with van der Waals surface area (Å²) in [4.78, 5) is 15.8. The second kappa shape index (κ2) is 5.53. The van der Waals surface area contributed by atoms with Crippen LogP contribution in [0.4, 0.5) is 0 Å². The molecule has 0 saturated heterocycles. The number of nitrogens with zero attached hydrogens (tertiary/aromatic N) is 2. The van der Waals surface area contributed by atoms with Gasteiger partial charge in [0.1, 0.15) is 11.6 Å². The van der Waals surface area contributed by atoms with E-state index in [9.17, 15) is 4.79 Å². The third kappa shape index (κ3) is 4.84. The Kier molecular flexibility index (Phi) is 4.59. The fourth-order valence-corrected chi connectivity index (χ4v) is 2.00. The molecule has 1 aromatic heterocycles. The Balaban J connectivity index is 2.29. The third-order valence-electron chi connectivity index (χ3n) is 2.21. The molecule has 90 valence electrons. The summed E-state index contributed by atoms with van der Waals surface area (Å²) >= 11 is 1.71. The number of aromatic nitrogens is 2. The number of thioether (sulfide) groups is 1. The molecule has 0 bridgehead atoms. The van der Waals surface area contributed by atoms with Gasteiger partial charge in [-0.2, -0.15) is 0 Å². The second-order valence-electron chi connectivity index (χ2n) is 4.89. The SMILES string of the molecule is Cn1ccnc1CCC(=O)CSC(C)(C)C. The molecule has 0 fully saturated rings. The molecule has 16 heavy (non-hydrogen) atoms. The smallest absolute Gasteiger partial charge is 0.143 e. The lowest BCUT2D eigenvalue weighted by Crippen LogP contribution is -2.13. The van der Waals surface area contributed by atoms with Gasteiger partial charge >= 0.3 is 0 Å². The van der Waals surface area contributed by atoms with Crippen LogP contribution in [0.1, 0.15) is 33.0 Å². The summed E-state index contributed by atoms with van der Waals surface area (Å²) in [6.45, 7) is 6.39. The van der Waals surface area contributed by atoms with Crippen LogP contribution in [0.15, 0.2) is 12.4 Å². The highest BCUT2D eigenvalue weighted by molar-refractivity contribution is 8.01. The van der Waals surface area contributed by atoms with Gasteiger partial charge in [0.2, 0.25) is 0 Å². The quantitative estimate of drug-likeness (QED) is 0.793. The molecule has 0 aromatic carbocycles. The molecule has 0 N–H and O–H groups in total. The van der Waals surface area contributed by atoms with Crippen molar-refractivity contribution in [2.45, 2.75) is 38.4 Å². The average Bonchev–Trinajstić information content (AvgIpc) is 2.57. The second-order valence-corrected chi connectivity index (χ2v) is 6.70. The Morgan fingerprint density at radius 3 is 2.69 bits per heavy atom. The molecule has 0 aliphatic rings. The maximum atomic E-state index is 11.6. The fourth-order valence-electron chi connectivity index (χ4n) is 1.26. The van der Waals surface area contributed by atoms with Gasteiger partial charge in [-0.1, -0.05) is 20.8 Å². The summed E-state index contributed by atoms with van der Waals surface area (Å²) in [6.07, 6.45) is 5.01. The first-order valence-corrected chi connectivity index (χ1v) is 6.49. The highest BCUT2D eigenvalue weighted by Gasteiger charge is 2.13. The van der Waals surface area contributed by atoms with E-state index in [2.05, 4.69) is 25.8 Å². The Hall–Kier alpha value is -0.770. The largest absolute Gasteiger partial charge is 0.338 e. The molecule has 3 nitrogen and oxygen atoms in total. The lowest BCUT2D eigenvalue weighted by molar-refractivity contribution is -0.116. The van der Waals surface area contributed by atoms with Crippen LogP contribution in [-0.2, 0) is 18.3 Å². The van der Waals surface area contributed by atoms with Crippen LogP contribution in [0.5, 0.6) is 0 Å². The summed E-state index contributed by atoms with van der Waals surface area (Å²) in [7, 11) is 1.96. The van der Waals surface area contributed by atoms with E-state index in [1.807, 2.05) is 17.8 Å². The summed E-state index contributed by atoms with van der Waals surface area (Å²) in [6, 6.07) is 0. The predicted molar refractivity (Wildman–Crippen MR) is 68.7 cm³/mol. The minimum atomic E-state index is 0.166. The summed E-state index contributed by atoms with van der Waals surface area (Å²) in [5.74, 6) is 1.89. The maximum absolute atomic E-state index is 11.6. The Morgan fingerprint density at radius 1 is 1.50 bits per heavy atom. The molecule has 0 amide bonds. The molecule has 0 atom stereocenters. The molecular weight excluding hydrogens is 220 g/mol. The topological polar surface area (TPSA) is 34.9 Å². The molecule has 1 aromatic rings. The van der Waals surface area contributed by atoms with E-state index in [-0.39, 0.29) is 4.75 Å². The van der Waals surface area contributed by atoms with E-state index in [4.69, 9.17) is 0 Å². The zero-order valence-electron chi connectivity index (χ0n) is 10.5. The van der Waals surface area contributed by atoms with Gasteiger partial charge in [0.25, 0.3) is 0 Å². The fraction of sp³-hybridized carbons (Fsp3) is 0.667. The normalized spacial score (nSPS) is 11.8. The first kappa shape index (κ1) is 13.3. The van der Waals surface area contributed by atoms with E-state index >= 15 is 0 Å². The standard InChI is InChI=1S/C12H20N2OS/c1-12(2,3)16-9-10(15)5-6-11-13-7-8-14(11)4/h7-8H,5-6,9H2,1-4H3. The maximum Gasteiger partial charge on any atom is 0.143 e. The molecule has 0 radical (unpaired) electrons. The van der Waals surface area contributed by atoms with E-state index in [0.29, 0.717) is 18.0 Å². The number of rotatable bonds is 5. The van der Waals surface area contributed by atoms with E-state index in [0.717, 1.165) is 12.2 Å². The summed E-state index contributed by atoms with van der Waals surface area (Å²) < 4.78 is 2.13. The molecule has 0 spiro atoms. The first-order valence-electron chi connectivity index (χ1n) is 5.50. The number of hydrogen-bond donors (Lipinski definition) is 0. The van der Waals surface area contributed by atoms with Crippen molar-refractivity contribution >= 4 is 17.5 Å². The number of imidazole rings is 1. The van der Waals surface area contributed by atoms with Gasteiger partial charge in [-0.05, 0) is 0 Å². The van der Waals surface area contributed by atoms with Gasteiger partial charge in [0.05, 0.1) is 5.75 Å². The molecule has 1 heterocycles. The summed E-state index contributed by atoms with van der Waals surface area (Å²) in [5.41, 5.74) is 0. The van der Waals surface area contributed by atoms with Crippen LogP contribution >= 0.6 is 11.8 Å². The van der Waals surface area contributed by atoms with Crippen LogP contribution in [-0.4, -0.2) is 25.8 Å². The number of carbonyl (C=O) groups excluding carboxylic acids is 1. The average molecular weight is 240 g/mol. The molecule has 0 aliphatic heterocycles. The van der Waals surface area contributed by atoms with Gasteiger partial charge in [-0.15, -0.1) is 11.8 Å². The van der Waals surface area contributed by atoms with Gasteiger partial charge in [0.15, 0.2) is 0 Å². The van der Waals surface area contributed by atoms with Gasteiger partial charge in [0, 0.05) is 37.0 Å². The van der Waals surface area contributed by atoms with Crippen molar-refractivity contribution in [2.24, 2.45) is 7.05 Å². The molecule has 0 unspecified atom stereocenters. The molecular formula is C12H20N2OS. The predicted octanol–water partition coefficient (Wildman–Crippen LogP) is 2.45. The number of Topliss-reactive ketones (excluding diaryl/α,β-unsaturated/α-hetero) is 1. The lowest BCUT2D eigenvalue weighted by atomic mass is 10.2. The van der Waals surface area contributed by atoms with Crippen LogP contribution in [0.2, 0.25) is 0 Å². The Bertz CT molecular complexity index is 352. The number of ketones is 1. The summed E-state index contributed by atoms with van der Waals surface area (Å²) in [5, 5.41) is 0. The number of aryl methyl sites for hydroxylation is 2. The van der Waals surface area contributed by atoms with Crippen LogP contribution in [0.25, 0.3) is 0 Å². The molecule has 1 rings (SSSR count). The van der Waals surface area contributed by atoms with Crippen LogP contribution in [0, 0.1) is 0 Å². The number of carbonyl (C=O) groups is 1. The van der Waals surface area contributed by atoms with Gasteiger partial charge < -0.3 is 4.57 Å². The molecule has 4 heteroatoms. The van der Waals surface area contributed by atoms with Gasteiger partial charge in [-0.25, -0.2) is 4.98 Å². The first-order chi connectivity index (χ1) is 7.38. The van der Waals surface area contributed by atoms with Crippen molar-refractivity contribution in [2.75, 3.05) is 5.75 Å². The molecule has 0 saturated carbocycles. The minimum absolute atomic E-state index is 0.166. The van der Waals surface area contributed by atoms with E-state index in [1.165, 1.54) is 0 Å². The Labute approximate surface area is 102 Å². The zero-order chi connectivity index (χ0) is 12.2. The monoisotopic (exact) mass is 240 g/mol. The van der Waals surface area contributed by atoms with Crippen molar-refractivity contribution < 1.29 is 4.79 Å². The van der Waals surface area contributed by atoms with E-state index < -0.39 is 0 Å². The Morgan fingerprint density at radius 2 is 2.19 bits per heavy atom. The lowest BCUT2D eigenvalue weighted by Gasteiger charge is -2.16. The van der Waals surface area contributed by atoms with Crippen molar-refractivity contribution in [3.05, 3.63) is 18.2 Å². The van der Waals surface area contributed by atoms with Crippen molar-refractivity contribution in [3.63, 3.8) is 0 Å². The van der Waals surface area contributed by atoms with Crippen molar-refractivity contribution in [1.82, 2.24) is 9.55 Å². The number of hydrogen-bond acceptors (Lipinski definition) is 3. The van der Waals surface area contributed by atoms with Crippen LogP contribution < -0.4 is 0 Å².